The largest absolute Gasteiger partial charge is 0.488 e. The van der Waals surface area contributed by atoms with Crippen molar-refractivity contribution >= 4 is 45.4 Å². The molecule has 0 N–H and O–H groups in total. The molecule has 2 aromatic rings. The van der Waals surface area contributed by atoms with Crippen molar-refractivity contribution in [2.75, 3.05) is 0 Å². The topological polar surface area (TPSA) is 26.3 Å². The molecule has 0 fully saturated rings. The number of rotatable bonds is 4. The number of benzene rings is 2. The van der Waals surface area contributed by atoms with E-state index in [9.17, 15) is 4.79 Å². The van der Waals surface area contributed by atoms with Gasteiger partial charge in [-0.05, 0) is 46.3 Å². The summed E-state index contributed by atoms with van der Waals surface area (Å²) in [5.41, 5.74) is 1.43. The van der Waals surface area contributed by atoms with E-state index < -0.39 is 0 Å². The molecule has 2 aromatic carbocycles. The third-order valence-corrected chi connectivity index (χ3v) is 3.70. The fourth-order valence-corrected chi connectivity index (χ4v) is 2.48. The van der Waals surface area contributed by atoms with Gasteiger partial charge >= 0.3 is 0 Å². The van der Waals surface area contributed by atoms with Crippen LogP contribution in [0.2, 0.25) is 10.0 Å². The summed E-state index contributed by atoms with van der Waals surface area (Å²) in [7, 11) is 0. The Morgan fingerprint density at radius 2 is 1.95 bits per heavy atom. The normalized spacial score (nSPS) is 10.3. The molecular weight excluding hydrogens is 351 g/mol. The first kappa shape index (κ1) is 14.4. The van der Waals surface area contributed by atoms with Crippen LogP contribution in [0.3, 0.4) is 0 Å². The van der Waals surface area contributed by atoms with Gasteiger partial charge in [-0.25, -0.2) is 0 Å². The minimum Gasteiger partial charge on any atom is -0.488 e. The summed E-state index contributed by atoms with van der Waals surface area (Å²) in [4.78, 5) is 10.6. The Morgan fingerprint density at radius 1 is 1.16 bits per heavy atom. The molecule has 0 aliphatic heterocycles. The van der Waals surface area contributed by atoms with Crippen LogP contribution in [0.25, 0.3) is 0 Å². The highest BCUT2D eigenvalue weighted by Gasteiger charge is 2.05. The second kappa shape index (κ2) is 6.42. The van der Waals surface area contributed by atoms with Crippen molar-refractivity contribution in [3.05, 3.63) is 62.0 Å². The number of hydrogen-bond acceptors (Lipinski definition) is 2. The zero-order chi connectivity index (χ0) is 13.8. The standard InChI is InChI=1S/C14H9BrCl2O2/c15-12-5-9(7-18)1-4-14(12)19-8-10-2-3-11(16)6-13(10)17/h1-7H,8H2. The Hall–Kier alpha value is -1.03. The lowest BCUT2D eigenvalue weighted by molar-refractivity contribution is 0.112. The molecule has 0 atom stereocenters. The number of hydrogen-bond donors (Lipinski definition) is 0. The van der Waals surface area contributed by atoms with Gasteiger partial charge in [0.15, 0.2) is 0 Å². The lowest BCUT2D eigenvalue weighted by Gasteiger charge is -2.10. The first-order valence-corrected chi connectivity index (χ1v) is 6.96. The smallest absolute Gasteiger partial charge is 0.150 e. The highest BCUT2D eigenvalue weighted by molar-refractivity contribution is 9.10. The maximum absolute atomic E-state index is 10.6. The molecule has 0 saturated carbocycles. The van der Waals surface area contributed by atoms with Crippen LogP contribution in [0, 0.1) is 0 Å². The number of carbonyl (C=O) groups excluding carboxylic acids is 1. The van der Waals surface area contributed by atoms with E-state index in [0.717, 1.165) is 16.3 Å². The Labute approximate surface area is 129 Å². The number of aldehydes is 1. The van der Waals surface area contributed by atoms with Gasteiger partial charge < -0.3 is 4.74 Å². The monoisotopic (exact) mass is 358 g/mol. The van der Waals surface area contributed by atoms with Crippen molar-refractivity contribution in [1.29, 1.82) is 0 Å². The van der Waals surface area contributed by atoms with Crippen LogP contribution < -0.4 is 4.74 Å². The van der Waals surface area contributed by atoms with Gasteiger partial charge in [-0.2, -0.15) is 0 Å². The third kappa shape index (κ3) is 3.72. The van der Waals surface area contributed by atoms with Crippen LogP contribution >= 0.6 is 39.1 Å². The summed E-state index contributed by atoms with van der Waals surface area (Å²) >= 11 is 15.2. The third-order valence-electron chi connectivity index (χ3n) is 2.49. The van der Waals surface area contributed by atoms with Crippen LogP contribution in [-0.4, -0.2) is 6.29 Å². The summed E-state index contributed by atoms with van der Waals surface area (Å²) in [6.07, 6.45) is 0.782. The molecule has 0 radical (unpaired) electrons. The predicted octanol–water partition coefficient (Wildman–Crippen LogP) is 5.15. The minimum absolute atomic E-state index is 0.328. The number of halogens is 3. The van der Waals surface area contributed by atoms with E-state index >= 15 is 0 Å². The maximum atomic E-state index is 10.6. The van der Waals surface area contributed by atoms with Crippen LogP contribution in [0.5, 0.6) is 5.75 Å². The van der Waals surface area contributed by atoms with Crippen LogP contribution in [0.1, 0.15) is 15.9 Å². The van der Waals surface area contributed by atoms with E-state index in [0.29, 0.717) is 28.0 Å². The lowest BCUT2D eigenvalue weighted by Crippen LogP contribution is -1.97. The highest BCUT2D eigenvalue weighted by atomic mass is 79.9. The minimum atomic E-state index is 0.328. The zero-order valence-electron chi connectivity index (χ0n) is 9.70. The molecule has 0 amide bonds. The molecule has 0 unspecified atom stereocenters. The molecular formula is C14H9BrCl2O2. The molecule has 2 rings (SSSR count). The molecule has 2 nitrogen and oxygen atoms in total. The van der Waals surface area contributed by atoms with E-state index in [1.807, 2.05) is 6.07 Å². The quantitative estimate of drug-likeness (QED) is 0.706. The maximum Gasteiger partial charge on any atom is 0.150 e. The molecule has 5 heteroatoms. The predicted molar refractivity (Wildman–Crippen MR) is 80.3 cm³/mol. The molecule has 0 aliphatic rings. The van der Waals surface area contributed by atoms with E-state index in [1.165, 1.54) is 0 Å². The molecule has 0 saturated heterocycles. The molecule has 0 aromatic heterocycles. The van der Waals surface area contributed by atoms with Gasteiger partial charge in [-0.15, -0.1) is 0 Å². The van der Waals surface area contributed by atoms with Crippen molar-refractivity contribution in [2.45, 2.75) is 6.61 Å². The van der Waals surface area contributed by atoms with Gasteiger partial charge in [-0.3, -0.25) is 4.79 Å². The summed E-state index contributed by atoms with van der Waals surface area (Å²) in [5.74, 6) is 0.650. The Bertz CT molecular complexity index is 614. The Balaban J connectivity index is 2.12. The molecule has 19 heavy (non-hydrogen) atoms. The highest BCUT2D eigenvalue weighted by Crippen LogP contribution is 2.28. The van der Waals surface area contributed by atoms with Crippen LogP contribution in [0.4, 0.5) is 0 Å². The van der Waals surface area contributed by atoms with E-state index in [2.05, 4.69) is 15.9 Å². The van der Waals surface area contributed by atoms with Gasteiger partial charge in [0, 0.05) is 21.2 Å². The molecule has 0 heterocycles. The average Bonchev–Trinajstić information content (AvgIpc) is 2.39. The van der Waals surface area contributed by atoms with Crippen molar-refractivity contribution in [1.82, 2.24) is 0 Å². The first-order valence-electron chi connectivity index (χ1n) is 5.41. The Kier molecular flexibility index (Phi) is 4.86. The van der Waals surface area contributed by atoms with Gasteiger partial charge in [-0.1, -0.05) is 29.3 Å². The fraction of sp³-hybridized carbons (Fsp3) is 0.0714. The van der Waals surface area contributed by atoms with Crippen molar-refractivity contribution in [2.24, 2.45) is 0 Å². The molecule has 0 spiro atoms. The van der Waals surface area contributed by atoms with Gasteiger partial charge in [0.1, 0.15) is 18.6 Å². The van der Waals surface area contributed by atoms with Crippen LogP contribution in [0.15, 0.2) is 40.9 Å². The summed E-state index contributed by atoms with van der Waals surface area (Å²) < 4.78 is 6.38. The second-order valence-corrected chi connectivity index (χ2v) is 5.53. The number of carbonyl (C=O) groups is 1. The molecule has 0 aliphatic carbocycles. The fourth-order valence-electron chi connectivity index (χ4n) is 1.50. The van der Waals surface area contributed by atoms with Gasteiger partial charge in [0.25, 0.3) is 0 Å². The van der Waals surface area contributed by atoms with Gasteiger partial charge in [0.05, 0.1) is 4.47 Å². The average molecular weight is 360 g/mol. The van der Waals surface area contributed by atoms with Crippen molar-refractivity contribution < 1.29 is 9.53 Å². The summed E-state index contributed by atoms with van der Waals surface area (Å²) in [6, 6.07) is 10.4. The first-order chi connectivity index (χ1) is 9.10. The van der Waals surface area contributed by atoms with E-state index in [4.69, 9.17) is 27.9 Å². The summed E-state index contributed by atoms with van der Waals surface area (Å²) in [6.45, 7) is 0.328. The van der Waals surface area contributed by atoms with Gasteiger partial charge in [0.2, 0.25) is 0 Å². The van der Waals surface area contributed by atoms with Crippen molar-refractivity contribution in [3.8, 4) is 5.75 Å². The second-order valence-electron chi connectivity index (χ2n) is 3.83. The molecule has 0 bridgehead atoms. The SMILES string of the molecule is O=Cc1ccc(OCc2ccc(Cl)cc2Cl)c(Br)c1. The van der Waals surface area contributed by atoms with Crippen molar-refractivity contribution in [3.63, 3.8) is 0 Å². The van der Waals surface area contributed by atoms with Crippen LogP contribution in [-0.2, 0) is 6.61 Å². The zero-order valence-corrected chi connectivity index (χ0v) is 12.8. The lowest BCUT2D eigenvalue weighted by atomic mass is 10.2. The summed E-state index contributed by atoms with van der Waals surface area (Å²) in [5, 5.41) is 1.15. The number of ether oxygens (including phenoxy) is 1. The Morgan fingerprint density at radius 3 is 2.58 bits per heavy atom. The molecule has 98 valence electrons. The van der Waals surface area contributed by atoms with E-state index in [1.54, 1.807) is 30.3 Å². The van der Waals surface area contributed by atoms with E-state index in [-0.39, 0.29) is 0 Å².